The van der Waals surface area contributed by atoms with E-state index in [-0.39, 0.29) is 47.8 Å². The molecule has 1 aromatic rings. The highest BCUT2D eigenvalue weighted by Gasteiger charge is 2.36. The Kier molecular flexibility index (Phi) is 4.61. The van der Waals surface area contributed by atoms with Gasteiger partial charge < -0.3 is 14.4 Å². The van der Waals surface area contributed by atoms with Crippen LogP contribution in [0.25, 0.3) is 0 Å². The first-order chi connectivity index (χ1) is 11.1. The molecule has 0 spiro atoms. The van der Waals surface area contributed by atoms with Crippen LogP contribution in [-0.2, 0) is 14.3 Å². The Morgan fingerprint density at radius 1 is 1.35 bits per heavy atom. The molecule has 1 atom stereocenters. The van der Waals surface area contributed by atoms with Gasteiger partial charge in [-0.2, -0.15) is 0 Å². The Bertz CT molecular complexity index is 619. The molecule has 3 rings (SSSR count). The summed E-state index contributed by atoms with van der Waals surface area (Å²) in [7, 11) is 0. The fourth-order valence-corrected chi connectivity index (χ4v) is 3.22. The maximum atomic E-state index is 12.2. The second-order valence-corrected chi connectivity index (χ2v) is 6.18. The van der Waals surface area contributed by atoms with E-state index in [2.05, 4.69) is 5.16 Å². The van der Waals surface area contributed by atoms with Gasteiger partial charge in [-0.1, -0.05) is 12.1 Å². The zero-order valence-corrected chi connectivity index (χ0v) is 13.2. The predicted octanol–water partition coefficient (Wildman–Crippen LogP) is 3.15. The topological polar surface area (TPSA) is 89.6 Å². The predicted molar refractivity (Wildman–Crippen MR) is 81.0 cm³/mol. The van der Waals surface area contributed by atoms with Gasteiger partial charge in [-0.05, 0) is 19.3 Å². The van der Waals surface area contributed by atoms with Gasteiger partial charge in [-0.25, -0.2) is 0 Å². The van der Waals surface area contributed by atoms with Gasteiger partial charge in [-0.3, -0.25) is 9.59 Å². The lowest BCUT2D eigenvalue weighted by molar-refractivity contribution is -0.124. The van der Waals surface area contributed by atoms with Gasteiger partial charge in [0, 0.05) is 37.9 Å². The molecule has 23 heavy (non-hydrogen) atoms. The molecule has 0 bridgehead atoms. The molecule has 124 valence electrons. The van der Waals surface area contributed by atoms with Crippen molar-refractivity contribution in [3.8, 4) is 0 Å². The molecular weight excluding hydrogens is 298 g/mol. The molecule has 1 saturated heterocycles. The van der Waals surface area contributed by atoms with Crippen LogP contribution in [0.3, 0.4) is 0 Å². The summed E-state index contributed by atoms with van der Waals surface area (Å²) in [6.45, 7) is 2.61. The summed E-state index contributed by atoms with van der Waals surface area (Å²) < 4.78 is 10.9. The number of Topliss-reactive ketones (excluding diaryl/α,β-unsaturated/α-hetero) is 2. The fourth-order valence-electron chi connectivity index (χ4n) is 3.22. The van der Waals surface area contributed by atoms with E-state index >= 15 is 0 Å². The highest BCUT2D eigenvalue weighted by molar-refractivity contribution is 6.22. The molecule has 2 aliphatic rings. The zero-order chi connectivity index (χ0) is 16.4. The number of aliphatic hydroxyl groups is 1. The molecule has 1 aromatic heterocycles. The van der Waals surface area contributed by atoms with E-state index in [0.29, 0.717) is 18.6 Å². The summed E-state index contributed by atoms with van der Waals surface area (Å²) in [5, 5.41) is 13.9. The van der Waals surface area contributed by atoms with Crippen LogP contribution < -0.4 is 0 Å². The average molecular weight is 319 g/mol. The lowest BCUT2D eigenvalue weighted by Crippen LogP contribution is -2.26. The fraction of sp³-hybridized carbons (Fsp3) is 0.588. The maximum Gasteiger partial charge on any atom is 0.170 e. The van der Waals surface area contributed by atoms with Gasteiger partial charge in [0.15, 0.2) is 11.6 Å². The largest absolute Gasteiger partial charge is 0.511 e. The van der Waals surface area contributed by atoms with Crippen LogP contribution >= 0.6 is 0 Å². The summed E-state index contributed by atoms with van der Waals surface area (Å²) in [6.07, 6.45) is 3.22. The molecule has 1 aliphatic heterocycles. The van der Waals surface area contributed by atoms with E-state index < -0.39 is 0 Å². The first-order valence-corrected chi connectivity index (χ1v) is 8.16. The Morgan fingerprint density at radius 2 is 2.09 bits per heavy atom. The van der Waals surface area contributed by atoms with Gasteiger partial charge in [0.1, 0.15) is 23.3 Å². The van der Waals surface area contributed by atoms with Gasteiger partial charge in [0.25, 0.3) is 0 Å². The van der Waals surface area contributed by atoms with Crippen molar-refractivity contribution in [2.45, 2.75) is 57.5 Å². The summed E-state index contributed by atoms with van der Waals surface area (Å²) in [5.74, 6) is -0.472. The van der Waals surface area contributed by atoms with Gasteiger partial charge in [-0.15, -0.1) is 0 Å². The number of aliphatic hydroxyl groups excluding tert-OH is 1. The van der Waals surface area contributed by atoms with Gasteiger partial charge in [0.2, 0.25) is 0 Å². The number of carbonyl (C=O) groups excluding carboxylic acids is 2. The third-order valence-corrected chi connectivity index (χ3v) is 4.41. The van der Waals surface area contributed by atoms with Crippen molar-refractivity contribution >= 4 is 11.6 Å². The van der Waals surface area contributed by atoms with Crippen molar-refractivity contribution in [3.05, 3.63) is 28.9 Å². The molecule has 2 heterocycles. The van der Waals surface area contributed by atoms with Gasteiger partial charge >= 0.3 is 0 Å². The zero-order valence-electron chi connectivity index (χ0n) is 13.2. The van der Waals surface area contributed by atoms with Gasteiger partial charge in [0.05, 0.1) is 5.57 Å². The molecule has 6 heteroatoms. The second-order valence-electron chi connectivity index (χ2n) is 6.18. The minimum atomic E-state index is -0.313. The number of aromatic nitrogens is 1. The molecule has 1 aliphatic carbocycles. The Hall–Kier alpha value is -1.95. The molecule has 0 aromatic carbocycles. The minimum Gasteiger partial charge on any atom is -0.511 e. The number of carbonyl (C=O) groups is 2. The smallest absolute Gasteiger partial charge is 0.170 e. The third-order valence-electron chi connectivity index (χ3n) is 4.41. The maximum absolute atomic E-state index is 12.2. The van der Waals surface area contributed by atoms with E-state index in [9.17, 15) is 14.7 Å². The number of hydrogen-bond acceptors (Lipinski definition) is 6. The van der Waals surface area contributed by atoms with Crippen molar-refractivity contribution in [1.29, 1.82) is 0 Å². The van der Waals surface area contributed by atoms with Crippen LogP contribution in [0.4, 0.5) is 0 Å². The Balaban J connectivity index is 1.75. The first kappa shape index (κ1) is 15.9. The molecule has 1 N–H and O–H groups in total. The normalized spacial score (nSPS) is 25.2. The molecular formula is C17H21NO5. The van der Waals surface area contributed by atoms with E-state index in [0.717, 1.165) is 25.1 Å². The summed E-state index contributed by atoms with van der Waals surface area (Å²) >= 11 is 0. The number of ketones is 2. The molecule has 1 saturated carbocycles. The molecule has 6 nitrogen and oxygen atoms in total. The second kappa shape index (κ2) is 6.66. The van der Waals surface area contributed by atoms with Crippen LogP contribution in [0, 0.1) is 0 Å². The summed E-state index contributed by atoms with van der Waals surface area (Å²) in [4.78, 5) is 24.5. The van der Waals surface area contributed by atoms with E-state index in [1.54, 1.807) is 6.07 Å². The Morgan fingerprint density at radius 3 is 2.70 bits per heavy atom. The van der Waals surface area contributed by atoms with E-state index in [1.165, 1.54) is 0 Å². The van der Waals surface area contributed by atoms with Crippen molar-refractivity contribution < 1.29 is 24.0 Å². The Labute approximate surface area is 134 Å². The quantitative estimate of drug-likeness (QED) is 0.521. The van der Waals surface area contributed by atoms with E-state index in [4.69, 9.17) is 9.26 Å². The number of rotatable bonds is 4. The molecule has 0 radical (unpaired) electrons. The lowest BCUT2D eigenvalue weighted by Gasteiger charge is -2.20. The van der Waals surface area contributed by atoms with E-state index in [1.807, 2.05) is 6.92 Å². The van der Waals surface area contributed by atoms with Crippen molar-refractivity contribution in [3.63, 3.8) is 0 Å². The minimum absolute atomic E-state index is 0.0260. The number of nitrogens with zero attached hydrogens (tertiary/aromatic N) is 1. The van der Waals surface area contributed by atoms with Crippen molar-refractivity contribution in [1.82, 2.24) is 5.16 Å². The standard InChI is InChI=1S/C17H21NO5/c1-2-4-12(19)17-13(20)7-10(8-14(17)21)16-9-11(18-23-16)15-5-3-6-22-15/h9-10,15,19H,2-8H2,1H3. The summed E-state index contributed by atoms with van der Waals surface area (Å²) in [5.41, 5.74) is 0.703. The SMILES string of the molecule is CCCC(O)=C1C(=O)CC(c2cc(C3CCCO3)no2)CC1=O. The molecule has 0 amide bonds. The highest BCUT2D eigenvalue weighted by atomic mass is 16.5. The van der Waals surface area contributed by atoms with Crippen LogP contribution in [0.2, 0.25) is 0 Å². The van der Waals surface area contributed by atoms with Crippen LogP contribution in [0.15, 0.2) is 21.9 Å². The first-order valence-electron chi connectivity index (χ1n) is 8.16. The van der Waals surface area contributed by atoms with Crippen LogP contribution in [-0.4, -0.2) is 28.4 Å². The summed E-state index contributed by atoms with van der Waals surface area (Å²) in [6, 6.07) is 1.79. The van der Waals surface area contributed by atoms with Crippen molar-refractivity contribution in [2.24, 2.45) is 0 Å². The lowest BCUT2D eigenvalue weighted by atomic mass is 9.81. The number of allylic oxidation sites excluding steroid dienone is 2. The molecule has 1 unspecified atom stereocenters. The highest BCUT2D eigenvalue weighted by Crippen LogP contribution is 2.35. The number of ether oxygens (including phenoxy) is 1. The number of hydrogen-bond donors (Lipinski definition) is 1. The average Bonchev–Trinajstić information content (AvgIpc) is 3.18. The van der Waals surface area contributed by atoms with Crippen LogP contribution in [0.1, 0.15) is 68.9 Å². The monoisotopic (exact) mass is 319 g/mol. The van der Waals surface area contributed by atoms with Crippen LogP contribution in [0.5, 0.6) is 0 Å². The third kappa shape index (κ3) is 3.22. The molecule has 2 fully saturated rings. The van der Waals surface area contributed by atoms with Crippen molar-refractivity contribution in [2.75, 3.05) is 6.61 Å².